The Kier molecular flexibility index (Phi) is 12.4. The van der Waals surface area contributed by atoms with E-state index < -0.39 is 105 Å². The molecule has 3 fully saturated rings. The molecule has 13 nitrogen and oxygen atoms in total. The molecule has 0 bridgehead atoms. The van der Waals surface area contributed by atoms with Crippen LogP contribution < -0.4 is 18.9 Å². The van der Waals surface area contributed by atoms with Crippen molar-refractivity contribution in [1.82, 2.24) is 14.6 Å². The first-order chi connectivity index (χ1) is 29.1. The molecule has 7 rings (SSSR count). The summed E-state index contributed by atoms with van der Waals surface area (Å²) in [6, 6.07) is 4.13. The number of Topliss-reactive ketones (excluding diaryl/α,β-unsaturated/α-hetero) is 1. The summed E-state index contributed by atoms with van der Waals surface area (Å²) in [7, 11) is -2.89. The van der Waals surface area contributed by atoms with Crippen molar-refractivity contribution in [3.05, 3.63) is 35.9 Å². The van der Waals surface area contributed by atoms with E-state index in [9.17, 15) is 45.2 Å². The minimum Gasteiger partial charge on any atom is -0.497 e. The second-order valence-corrected chi connectivity index (χ2v) is 20.6. The number of nitrogens with zero attached hydrogens (tertiary/aromatic N) is 2. The second kappa shape index (κ2) is 16.9. The van der Waals surface area contributed by atoms with Crippen molar-refractivity contribution in [3.63, 3.8) is 0 Å². The van der Waals surface area contributed by atoms with Crippen LogP contribution in [0.15, 0.2) is 30.4 Å². The molecule has 18 heteroatoms. The van der Waals surface area contributed by atoms with Crippen molar-refractivity contribution in [2.75, 3.05) is 26.9 Å². The summed E-state index contributed by atoms with van der Waals surface area (Å²) >= 11 is 0. The van der Waals surface area contributed by atoms with Gasteiger partial charge in [-0.25, -0.2) is 12.8 Å². The normalized spacial score (nSPS) is 29.5. The molecule has 340 valence electrons. The minimum absolute atomic E-state index is 0.0261. The van der Waals surface area contributed by atoms with Gasteiger partial charge in [0.05, 0.1) is 44.1 Å². The van der Waals surface area contributed by atoms with E-state index in [1.807, 2.05) is 19.1 Å². The Morgan fingerprint density at radius 2 is 1.84 bits per heavy atom. The first kappa shape index (κ1) is 45.5. The average Bonchev–Trinajstić information content (AvgIpc) is 4.12. The van der Waals surface area contributed by atoms with Crippen molar-refractivity contribution < 1.29 is 64.1 Å². The summed E-state index contributed by atoms with van der Waals surface area (Å²) in [4.78, 5) is 63.1. The number of carbonyl (C=O) groups is 4. The number of amides is 2. The zero-order valence-electron chi connectivity index (χ0n) is 35.6. The summed E-state index contributed by atoms with van der Waals surface area (Å²) in [6.45, 7) is 4.22. The number of hydrogen-bond acceptors (Lipinski definition) is 11. The van der Waals surface area contributed by atoms with Gasteiger partial charge in [-0.05, 0) is 107 Å². The number of fused-ring (bicyclic) bond motifs is 5. The van der Waals surface area contributed by atoms with Gasteiger partial charge in [-0.3, -0.25) is 23.9 Å². The predicted molar refractivity (Wildman–Crippen MR) is 217 cm³/mol. The molecule has 2 aromatic rings. The van der Waals surface area contributed by atoms with E-state index in [4.69, 9.17) is 23.9 Å². The number of esters is 1. The van der Waals surface area contributed by atoms with Crippen LogP contribution in [0.5, 0.6) is 17.5 Å². The van der Waals surface area contributed by atoms with Gasteiger partial charge in [-0.15, -0.1) is 0 Å². The van der Waals surface area contributed by atoms with Crippen LogP contribution in [0.4, 0.5) is 17.6 Å². The fourth-order valence-corrected chi connectivity index (χ4v) is 10.7. The van der Waals surface area contributed by atoms with E-state index in [-0.39, 0.29) is 44.0 Å². The zero-order chi connectivity index (χ0) is 45.0. The van der Waals surface area contributed by atoms with E-state index in [0.717, 1.165) is 31.2 Å². The fraction of sp³-hybridized carbons (Fsp3) is 0.659. The lowest BCUT2D eigenvalue weighted by atomic mass is 9.82. The summed E-state index contributed by atoms with van der Waals surface area (Å²) in [5.41, 5.74) is -3.49. The molecule has 2 aliphatic carbocycles. The van der Waals surface area contributed by atoms with Gasteiger partial charge in [0.2, 0.25) is 39.2 Å². The number of alkyl halides is 4. The van der Waals surface area contributed by atoms with E-state index in [1.165, 1.54) is 4.90 Å². The summed E-state index contributed by atoms with van der Waals surface area (Å²) in [6.07, 6.45) is -0.121. The van der Waals surface area contributed by atoms with E-state index >= 15 is 0 Å². The molecule has 1 aromatic carbocycles. The molecular formula is C44H55F4N3O10S. The van der Waals surface area contributed by atoms with Gasteiger partial charge in [-0.2, -0.15) is 18.2 Å². The molecule has 1 aromatic heterocycles. The lowest BCUT2D eigenvalue weighted by Gasteiger charge is -2.33. The summed E-state index contributed by atoms with van der Waals surface area (Å²) in [5.74, 6) is -4.60. The quantitative estimate of drug-likeness (QED) is 0.153. The third-order valence-electron chi connectivity index (χ3n) is 13.6. The summed E-state index contributed by atoms with van der Waals surface area (Å²) < 4.78 is 105. The van der Waals surface area contributed by atoms with E-state index in [1.54, 1.807) is 32.2 Å². The van der Waals surface area contributed by atoms with Gasteiger partial charge >= 0.3 is 12.1 Å². The second-order valence-electron chi connectivity index (χ2n) is 18.5. The third-order valence-corrected chi connectivity index (χ3v) is 15.7. The number of pyridine rings is 1. The maximum atomic E-state index is 15.0. The largest absolute Gasteiger partial charge is 0.497 e. The highest BCUT2D eigenvalue weighted by Crippen LogP contribution is 2.58. The predicted octanol–water partition coefficient (Wildman–Crippen LogP) is 6.73. The number of carbonyl (C=O) groups excluding carboxylic acids is 4. The van der Waals surface area contributed by atoms with Crippen LogP contribution in [-0.4, -0.2) is 97.5 Å². The highest BCUT2D eigenvalue weighted by Gasteiger charge is 2.63. The number of methoxy groups -OCH3 is 1. The lowest BCUT2D eigenvalue weighted by Crippen LogP contribution is -2.49. The molecule has 1 saturated heterocycles. The maximum absolute atomic E-state index is 15.0. The number of nitrogens with one attached hydrogen (secondary N) is 1. The minimum atomic E-state index is -4.89. The molecule has 5 aliphatic rings. The topological polar surface area (TPSA) is 167 Å². The number of hydrogen-bond donors (Lipinski definition) is 1. The number of allylic oxidation sites excluding steroid dienone is 2. The van der Waals surface area contributed by atoms with E-state index in [2.05, 4.69) is 4.72 Å². The number of halogens is 4. The van der Waals surface area contributed by atoms with Gasteiger partial charge < -0.3 is 23.8 Å². The van der Waals surface area contributed by atoms with Crippen molar-refractivity contribution in [2.24, 2.45) is 29.1 Å². The monoisotopic (exact) mass is 893 g/mol. The lowest BCUT2D eigenvalue weighted by molar-refractivity contribution is -0.257. The fourth-order valence-electron chi connectivity index (χ4n) is 9.25. The van der Waals surface area contributed by atoms with Crippen LogP contribution in [-0.2, 0) is 40.4 Å². The van der Waals surface area contributed by atoms with Crippen LogP contribution in [0.3, 0.4) is 0 Å². The van der Waals surface area contributed by atoms with Crippen LogP contribution in [0, 0.1) is 29.1 Å². The van der Waals surface area contributed by atoms with Crippen LogP contribution in [0.2, 0.25) is 0 Å². The van der Waals surface area contributed by atoms with Crippen LogP contribution in [0.25, 0.3) is 10.8 Å². The third kappa shape index (κ3) is 8.85. The van der Waals surface area contributed by atoms with Crippen molar-refractivity contribution in [2.45, 2.75) is 127 Å². The number of aryl methyl sites for hydroxylation is 1. The SMILES string of the molecule is COc1ccc2c(O[C@@H]3C[C@H]4C(=O)C[C@]5(C(=O)NS(=O)(=O)C6(CF)CC6)C[C@H]5/C=C\CC[C@@H](C)C[C@@H](C)[C@H](CC(=O)OC(C)(C)C(F)(F)F)C(=O)N4C3)nc3c(c2c1)CCCO3. The van der Waals surface area contributed by atoms with Crippen molar-refractivity contribution in [1.29, 1.82) is 0 Å². The molecule has 3 aliphatic heterocycles. The summed E-state index contributed by atoms with van der Waals surface area (Å²) in [5, 5.41) is 1.41. The molecule has 0 radical (unpaired) electrons. The van der Waals surface area contributed by atoms with Gasteiger partial charge in [0.1, 0.15) is 23.3 Å². The van der Waals surface area contributed by atoms with Crippen molar-refractivity contribution in [3.8, 4) is 17.5 Å². The van der Waals surface area contributed by atoms with Gasteiger partial charge in [-0.1, -0.05) is 26.0 Å². The molecule has 62 heavy (non-hydrogen) atoms. The van der Waals surface area contributed by atoms with Gasteiger partial charge in [0.25, 0.3) is 0 Å². The smallest absolute Gasteiger partial charge is 0.427 e. The highest BCUT2D eigenvalue weighted by molar-refractivity contribution is 7.91. The highest BCUT2D eigenvalue weighted by atomic mass is 32.2. The Labute approximate surface area is 358 Å². The Balaban J connectivity index is 1.25. The first-order valence-corrected chi connectivity index (χ1v) is 22.8. The molecule has 1 N–H and O–H groups in total. The number of benzene rings is 1. The van der Waals surface area contributed by atoms with Gasteiger partial charge in [0.15, 0.2) is 5.78 Å². The molecule has 2 saturated carbocycles. The molecule has 2 amide bonds. The number of aromatic nitrogens is 1. The number of ether oxygens (including phenoxy) is 4. The Hall–Kier alpha value is -4.48. The van der Waals surface area contributed by atoms with Crippen LogP contribution >= 0.6 is 0 Å². The molecule has 0 unspecified atom stereocenters. The molecule has 4 heterocycles. The molecule has 7 atom stereocenters. The number of sulfonamides is 1. The maximum Gasteiger partial charge on any atom is 0.427 e. The van der Waals surface area contributed by atoms with Crippen LogP contribution in [0.1, 0.15) is 97.5 Å². The first-order valence-electron chi connectivity index (χ1n) is 21.4. The number of rotatable bonds is 10. The zero-order valence-corrected chi connectivity index (χ0v) is 36.5. The molecular weight excluding hydrogens is 839 g/mol. The molecule has 0 spiro atoms. The van der Waals surface area contributed by atoms with E-state index in [0.29, 0.717) is 49.3 Å². The Bertz CT molecular complexity index is 2250. The standard InChI is InChI=1S/C44H55F4N3O10S/c1-25-9-6-7-10-27-21-43(27,40(55)50-62(56,57)42(24-45)14-15-42)22-35(52)34-19-29(60-38-31-13-12-28(58-5)18-33(31)30-11-8-16-59-37(30)49-38)23-51(34)39(54)32(26(2)17-25)20-36(53)61-41(3,4)44(46,47)48/h7,10,12-13,18,25-27,29,32,34H,6,8-9,11,14-17,19-24H2,1-5H3,(H,50,55)/b10-7-/t25-,26-,27-,29-,32+,34+,43-/m1/s1. The van der Waals surface area contributed by atoms with Crippen molar-refractivity contribution >= 4 is 44.4 Å². The Morgan fingerprint density at radius 1 is 1.10 bits per heavy atom. The number of ketones is 1. The Morgan fingerprint density at radius 3 is 2.52 bits per heavy atom. The van der Waals surface area contributed by atoms with Gasteiger partial charge in [0, 0.05) is 23.8 Å². The average molecular weight is 894 g/mol.